The minimum absolute atomic E-state index is 0.0600. The highest BCUT2D eigenvalue weighted by Gasteiger charge is 2.30. The Labute approximate surface area is 304 Å². The number of carbonyl (C=O) groups is 2. The van der Waals surface area contributed by atoms with Crippen LogP contribution in [0.25, 0.3) is 16.9 Å². The molecule has 0 saturated heterocycles. The van der Waals surface area contributed by atoms with Gasteiger partial charge in [0.05, 0.1) is 18.8 Å². The number of aromatic nitrogens is 4. The fourth-order valence-electron chi connectivity index (χ4n) is 6.67. The molecule has 0 atom stereocenters. The van der Waals surface area contributed by atoms with Gasteiger partial charge >= 0.3 is 12.2 Å². The van der Waals surface area contributed by atoms with Crippen molar-refractivity contribution in [1.29, 1.82) is 0 Å². The molecule has 1 aliphatic carbocycles. The van der Waals surface area contributed by atoms with Gasteiger partial charge in [-0.1, -0.05) is 49.9 Å². The zero-order chi connectivity index (χ0) is 36.7. The Morgan fingerprint density at radius 3 is 2.17 bits per heavy atom. The molecule has 0 unspecified atom stereocenters. The standard InChI is InChI=1S/C40H48N8O4/c1-40(2,3)52-39(51)47(27-23-29-12-17-31(18-13-29)44-36-33(41)10-6-24-42-36)46(38(49)50)26-22-30-14-19-32(20-15-30)48-35(21-16-28-8-4-5-9-28)45-34-11-7-25-43-37(34)48/h6-7,10-15,17-20,24-25,28H,4-5,8-9,16,21-23,26-27,41H2,1-3H3,(H,42,44)(H,49,50). The largest absolute Gasteiger partial charge is 0.464 e. The second kappa shape index (κ2) is 16.1. The minimum atomic E-state index is -1.24. The third kappa shape index (κ3) is 9.17. The number of carbonyl (C=O) groups excluding carboxylic acids is 1. The van der Waals surface area contributed by atoms with E-state index in [4.69, 9.17) is 15.5 Å². The van der Waals surface area contributed by atoms with Gasteiger partial charge in [-0.2, -0.15) is 0 Å². The summed E-state index contributed by atoms with van der Waals surface area (Å²) in [6, 6.07) is 23.1. The molecule has 0 aliphatic heterocycles. The maximum Gasteiger partial charge on any atom is 0.429 e. The molecule has 52 heavy (non-hydrogen) atoms. The quantitative estimate of drug-likeness (QED) is 0.109. The number of ether oxygens (including phenoxy) is 1. The monoisotopic (exact) mass is 704 g/mol. The van der Waals surface area contributed by atoms with Crippen LogP contribution >= 0.6 is 0 Å². The number of nitrogens with zero attached hydrogens (tertiary/aromatic N) is 6. The minimum Gasteiger partial charge on any atom is -0.464 e. The Balaban J connectivity index is 1.15. The van der Waals surface area contributed by atoms with Crippen molar-refractivity contribution in [1.82, 2.24) is 29.5 Å². The van der Waals surface area contributed by atoms with Gasteiger partial charge in [0.1, 0.15) is 16.9 Å². The molecule has 0 bridgehead atoms. The van der Waals surface area contributed by atoms with E-state index in [1.807, 2.05) is 60.7 Å². The summed E-state index contributed by atoms with van der Waals surface area (Å²) in [6.07, 6.45) is 9.50. The van der Waals surface area contributed by atoms with Crippen LogP contribution in [0, 0.1) is 5.92 Å². The number of benzene rings is 2. The first-order valence-corrected chi connectivity index (χ1v) is 18.0. The Morgan fingerprint density at radius 2 is 1.52 bits per heavy atom. The number of imidazole rings is 1. The maximum absolute atomic E-state index is 13.4. The number of nitrogens with one attached hydrogen (secondary N) is 1. The SMILES string of the molecule is CC(C)(C)OC(=O)N(CCc1ccc(Nc2ncccc2N)cc1)N(CCc1ccc(-n2c(CCC3CCCC3)nc3cccnc32)cc1)C(=O)O. The smallest absolute Gasteiger partial charge is 0.429 e. The number of hydrogen-bond donors (Lipinski definition) is 3. The van der Waals surface area contributed by atoms with Crippen molar-refractivity contribution in [3.63, 3.8) is 0 Å². The van der Waals surface area contributed by atoms with Crippen molar-refractivity contribution < 1.29 is 19.4 Å². The Hall–Kier alpha value is -5.65. The average molecular weight is 705 g/mol. The Bertz CT molecular complexity index is 1960. The van der Waals surface area contributed by atoms with E-state index in [2.05, 4.69) is 19.9 Å². The van der Waals surface area contributed by atoms with Crippen LogP contribution in [0.15, 0.2) is 85.2 Å². The fraction of sp³-hybridized carbons (Fsp3) is 0.375. The van der Waals surface area contributed by atoms with Crippen LogP contribution in [0.5, 0.6) is 0 Å². The van der Waals surface area contributed by atoms with Crippen molar-refractivity contribution in [2.24, 2.45) is 5.92 Å². The van der Waals surface area contributed by atoms with E-state index in [1.165, 1.54) is 30.7 Å². The molecule has 1 aliphatic rings. The Morgan fingerprint density at radius 1 is 0.885 bits per heavy atom. The molecular formula is C40H48N8O4. The summed E-state index contributed by atoms with van der Waals surface area (Å²) in [5.41, 5.74) is 11.0. The predicted octanol–water partition coefficient (Wildman–Crippen LogP) is 8.18. The zero-order valence-electron chi connectivity index (χ0n) is 30.2. The lowest BCUT2D eigenvalue weighted by molar-refractivity contribution is -0.0400. The van der Waals surface area contributed by atoms with Gasteiger partial charge in [0.15, 0.2) is 11.5 Å². The lowest BCUT2D eigenvalue weighted by Crippen LogP contribution is -2.52. The lowest BCUT2D eigenvalue weighted by atomic mass is 10.0. The molecule has 0 radical (unpaired) electrons. The van der Waals surface area contributed by atoms with E-state index in [0.717, 1.165) is 63.3 Å². The van der Waals surface area contributed by atoms with E-state index in [0.29, 0.717) is 24.3 Å². The molecule has 12 heteroatoms. The van der Waals surface area contributed by atoms with Crippen molar-refractivity contribution in [2.45, 2.75) is 77.7 Å². The third-order valence-corrected chi connectivity index (χ3v) is 9.33. The van der Waals surface area contributed by atoms with E-state index < -0.39 is 17.8 Å². The third-order valence-electron chi connectivity index (χ3n) is 9.33. The van der Waals surface area contributed by atoms with Crippen LogP contribution in [0.4, 0.5) is 26.8 Å². The second-order valence-corrected chi connectivity index (χ2v) is 14.3. The van der Waals surface area contributed by atoms with Gasteiger partial charge in [-0.3, -0.25) is 4.57 Å². The normalized spacial score (nSPS) is 13.3. The number of rotatable bonds is 12. The molecule has 272 valence electrons. The van der Waals surface area contributed by atoms with Gasteiger partial charge in [-0.05, 0) is 106 Å². The highest BCUT2D eigenvalue weighted by atomic mass is 16.6. The Kier molecular flexibility index (Phi) is 11.2. The molecule has 5 aromatic rings. The summed E-state index contributed by atoms with van der Waals surface area (Å²) in [4.78, 5) is 40.0. The maximum atomic E-state index is 13.4. The van der Waals surface area contributed by atoms with Crippen molar-refractivity contribution in [3.05, 3.63) is 102 Å². The summed E-state index contributed by atoms with van der Waals surface area (Å²) < 4.78 is 7.80. The number of aryl methyl sites for hydroxylation is 1. The molecule has 3 aromatic heterocycles. The van der Waals surface area contributed by atoms with Crippen molar-refractivity contribution >= 4 is 40.5 Å². The van der Waals surface area contributed by atoms with Gasteiger partial charge < -0.3 is 20.9 Å². The first kappa shape index (κ1) is 36.2. The van der Waals surface area contributed by atoms with Gasteiger partial charge in [-0.25, -0.2) is 34.6 Å². The van der Waals surface area contributed by atoms with Crippen LogP contribution < -0.4 is 11.1 Å². The number of pyridine rings is 2. The molecular weight excluding hydrogens is 656 g/mol. The molecule has 12 nitrogen and oxygen atoms in total. The molecule has 3 heterocycles. The van der Waals surface area contributed by atoms with E-state index in [9.17, 15) is 14.7 Å². The van der Waals surface area contributed by atoms with Crippen LogP contribution in [0.3, 0.4) is 0 Å². The van der Waals surface area contributed by atoms with Crippen LogP contribution in [-0.2, 0) is 24.0 Å². The van der Waals surface area contributed by atoms with Crippen LogP contribution in [0.1, 0.15) is 69.8 Å². The molecule has 1 fully saturated rings. The number of nitrogen functional groups attached to an aromatic ring is 1. The zero-order valence-corrected chi connectivity index (χ0v) is 30.2. The van der Waals surface area contributed by atoms with E-state index in [-0.39, 0.29) is 13.1 Å². The summed E-state index contributed by atoms with van der Waals surface area (Å²) in [6.45, 7) is 5.44. The van der Waals surface area contributed by atoms with Gasteiger partial charge in [0.2, 0.25) is 0 Å². The second-order valence-electron chi connectivity index (χ2n) is 14.3. The molecule has 4 N–H and O–H groups in total. The number of hydrazine groups is 1. The summed E-state index contributed by atoms with van der Waals surface area (Å²) in [7, 11) is 0. The van der Waals surface area contributed by atoms with Gasteiger partial charge in [-0.15, -0.1) is 0 Å². The highest BCUT2D eigenvalue weighted by molar-refractivity contribution is 5.74. The van der Waals surface area contributed by atoms with Crippen LogP contribution in [0.2, 0.25) is 0 Å². The van der Waals surface area contributed by atoms with Crippen LogP contribution in [-0.4, -0.2) is 65.5 Å². The number of fused-ring (bicyclic) bond motifs is 1. The molecule has 6 rings (SSSR count). The predicted molar refractivity (Wildman–Crippen MR) is 203 cm³/mol. The number of carboxylic acid groups (broad SMARTS) is 1. The topological polar surface area (TPSA) is 152 Å². The highest BCUT2D eigenvalue weighted by Crippen LogP contribution is 2.30. The molecule has 0 spiro atoms. The summed E-state index contributed by atoms with van der Waals surface area (Å²) in [5.74, 6) is 2.31. The number of hydrogen-bond acceptors (Lipinski definition) is 8. The van der Waals surface area contributed by atoms with Gasteiger partial charge in [0.25, 0.3) is 0 Å². The van der Waals surface area contributed by atoms with Crippen molar-refractivity contribution in [2.75, 3.05) is 24.1 Å². The first-order valence-electron chi connectivity index (χ1n) is 18.0. The fourth-order valence-corrected chi connectivity index (χ4v) is 6.67. The van der Waals surface area contributed by atoms with Gasteiger partial charge in [0, 0.05) is 30.2 Å². The van der Waals surface area contributed by atoms with E-state index >= 15 is 0 Å². The first-order chi connectivity index (χ1) is 25.0. The number of anilines is 3. The molecule has 2 aromatic carbocycles. The lowest BCUT2D eigenvalue weighted by Gasteiger charge is -2.34. The summed E-state index contributed by atoms with van der Waals surface area (Å²) in [5, 5.41) is 15.8. The van der Waals surface area contributed by atoms with Crippen molar-refractivity contribution in [3.8, 4) is 5.69 Å². The molecule has 1 saturated carbocycles. The summed E-state index contributed by atoms with van der Waals surface area (Å²) >= 11 is 0. The molecule has 2 amide bonds. The number of amides is 2. The van der Waals surface area contributed by atoms with E-state index in [1.54, 1.807) is 45.3 Å². The average Bonchev–Trinajstić information content (AvgIpc) is 3.78. The number of nitrogens with two attached hydrogens (primary N) is 1.